The second-order valence-corrected chi connectivity index (χ2v) is 6.55. The lowest BCUT2D eigenvalue weighted by Gasteiger charge is -2.23. The Morgan fingerprint density at radius 2 is 1.71 bits per heavy atom. The van der Waals surface area contributed by atoms with Crippen molar-refractivity contribution in [1.82, 2.24) is 10.7 Å². The van der Waals surface area contributed by atoms with Gasteiger partial charge in [0.05, 0.1) is 0 Å². The summed E-state index contributed by atoms with van der Waals surface area (Å²) in [6.45, 7) is 2.26. The fourth-order valence-corrected chi connectivity index (χ4v) is 3.05. The first-order chi connectivity index (χ1) is 10.3. The molecule has 0 spiro atoms. The Labute approximate surface area is 136 Å². The number of nitrogens with one attached hydrogen (secondary N) is 2. The van der Waals surface area contributed by atoms with E-state index in [1.807, 2.05) is 6.21 Å². The summed E-state index contributed by atoms with van der Waals surface area (Å²) in [6, 6.07) is 0.553. The molecule has 1 aliphatic rings. The molecule has 0 aromatic heterocycles. The van der Waals surface area contributed by atoms with E-state index >= 15 is 0 Å². The molecule has 1 aliphatic carbocycles. The van der Waals surface area contributed by atoms with Crippen molar-refractivity contribution in [3.8, 4) is 0 Å². The van der Waals surface area contributed by atoms with Gasteiger partial charge in [0.2, 0.25) is 0 Å². The first-order valence-corrected chi connectivity index (χ1v) is 9.31. The third-order valence-corrected chi connectivity index (χ3v) is 4.34. The van der Waals surface area contributed by atoms with E-state index in [0.717, 1.165) is 6.42 Å². The summed E-state index contributed by atoms with van der Waals surface area (Å²) in [7, 11) is 0. The minimum Gasteiger partial charge on any atom is -0.359 e. The SMILES string of the molecule is CCCCCCCCC/C=N\NC(=S)NC1CCCCC1. The zero-order chi connectivity index (χ0) is 15.2. The van der Waals surface area contributed by atoms with Crippen molar-refractivity contribution < 1.29 is 0 Å². The molecule has 4 heteroatoms. The van der Waals surface area contributed by atoms with Crippen LogP contribution in [0.2, 0.25) is 0 Å². The normalized spacial score (nSPS) is 16.2. The van der Waals surface area contributed by atoms with E-state index in [2.05, 4.69) is 22.8 Å². The van der Waals surface area contributed by atoms with Crippen molar-refractivity contribution in [1.29, 1.82) is 0 Å². The van der Waals surface area contributed by atoms with Crippen molar-refractivity contribution in [2.45, 2.75) is 96.4 Å². The molecule has 0 heterocycles. The van der Waals surface area contributed by atoms with Gasteiger partial charge in [-0.25, -0.2) is 0 Å². The van der Waals surface area contributed by atoms with E-state index < -0.39 is 0 Å². The van der Waals surface area contributed by atoms with Gasteiger partial charge in [0.25, 0.3) is 0 Å². The maximum absolute atomic E-state index is 5.26. The molecule has 0 saturated heterocycles. The van der Waals surface area contributed by atoms with Gasteiger partial charge in [-0.15, -0.1) is 0 Å². The Bertz CT molecular complexity index is 286. The first-order valence-electron chi connectivity index (χ1n) is 8.91. The smallest absolute Gasteiger partial charge is 0.187 e. The molecule has 0 bridgehead atoms. The molecule has 1 fully saturated rings. The monoisotopic (exact) mass is 311 g/mol. The van der Waals surface area contributed by atoms with Crippen molar-refractivity contribution in [3.05, 3.63) is 0 Å². The molecule has 1 saturated carbocycles. The molecule has 122 valence electrons. The zero-order valence-electron chi connectivity index (χ0n) is 13.7. The molecule has 0 unspecified atom stereocenters. The molecule has 0 atom stereocenters. The van der Waals surface area contributed by atoms with E-state index in [0.29, 0.717) is 11.2 Å². The van der Waals surface area contributed by atoms with Crippen LogP contribution >= 0.6 is 12.2 Å². The van der Waals surface area contributed by atoms with Gasteiger partial charge >= 0.3 is 0 Å². The fraction of sp³-hybridized carbons (Fsp3) is 0.882. The number of hydrogen-bond acceptors (Lipinski definition) is 2. The van der Waals surface area contributed by atoms with Gasteiger partial charge in [-0.3, -0.25) is 5.43 Å². The van der Waals surface area contributed by atoms with E-state index in [1.54, 1.807) is 0 Å². The minimum atomic E-state index is 0.553. The highest BCUT2D eigenvalue weighted by atomic mass is 32.1. The van der Waals surface area contributed by atoms with Crippen LogP contribution in [-0.4, -0.2) is 17.4 Å². The van der Waals surface area contributed by atoms with E-state index in [-0.39, 0.29) is 0 Å². The van der Waals surface area contributed by atoms with Crippen molar-refractivity contribution in [2.24, 2.45) is 5.10 Å². The molecule has 2 N–H and O–H groups in total. The number of hydrogen-bond donors (Lipinski definition) is 2. The average molecular weight is 312 g/mol. The van der Waals surface area contributed by atoms with Crippen LogP contribution in [0.1, 0.15) is 90.4 Å². The Balaban J connectivity index is 1.90. The van der Waals surface area contributed by atoms with E-state index in [1.165, 1.54) is 77.0 Å². The Hall–Kier alpha value is -0.640. The number of rotatable bonds is 10. The van der Waals surface area contributed by atoms with Gasteiger partial charge in [-0.05, 0) is 37.9 Å². The Morgan fingerprint density at radius 1 is 1.05 bits per heavy atom. The molecule has 3 nitrogen and oxygen atoms in total. The maximum Gasteiger partial charge on any atom is 0.187 e. The highest BCUT2D eigenvalue weighted by molar-refractivity contribution is 7.80. The van der Waals surface area contributed by atoms with Crippen molar-refractivity contribution >= 4 is 23.5 Å². The number of hydrazone groups is 1. The van der Waals surface area contributed by atoms with Gasteiger partial charge in [0, 0.05) is 12.3 Å². The highest BCUT2D eigenvalue weighted by Gasteiger charge is 2.13. The molecule has 1 rings (SSSR count). The lowest BCUT2D eigenvalue weighted by atomic mass is 9.96. The summed E-state index contributed by atoms with van der Waals surface area (Å²) >= 11 is 5.26. The predicted molar refractivity (Wildman–Crippen MR) is 96.8 cm³/mol. The standard InChI is InChI=1S/C17H33N3S/c1-2-3-4-5-6-7-8-12-15-18-20-17(21)19-16-13-10-9-11-14-16/h15-16H,2-14H2,1H3,(H2,19,20,21)/b18-15-. The van der Waals surface area contributed by atoms with Gasteiger partial charge in [-0.1, -0.05) is 64.7 Å². The second-order valence-electron chi connectivity index (χ2n) is 6.14. The van der Waals surface area contributed by atoms with Crippen LogP contribution in [0.4, 0.5) is 0 Å². The van der Waals surface area contributed by atoms with E-state index in [9.17, 15) is 0 Å². The number of nitrogens with zero attached hydrogens (tertiary/aromatic N) is 1. The quantitative estimate of drug-likeness (QED) is 0.260. The summed E-state index contributed by atoms with van der Waals surface area (Å²) in [5.74, 6) is 0. The van der Waals surface area contributed by atoms with Crippen LogP contribution in [0.25, 0.3) is 0 Å². The minimum absolute atomic E-state index is 0.553. The van der Waals surface area contributed by atoms with Crippen LogP contribution in [0.5, 0.6) is 0 Å². The summed E-state index contributed by atoms with van der Waals surface area (Å²) in [5, 5.41) is 8.24. The highest BCUT2D eigenvalue weighted by Crippen LogP contribution is 2.17. The maximum atomic E-state index is 5.26. The summed E-state index contributed by atoms with van der Waals surface area (Å²) in [6.07, 6.45) is 18.9. The van der Waals surface area contributed by atoms with Crippen LogP contribution in [0.3, 0.4) is 0 Å². The Kier molecular flexibility index (Phi) is 11.4. The number of unbranched alkanes of at least 4 members (excludes halogenated alkanes) is 7. The lowest BCUT2D eigenvalue weighted by molar-refractivity contribution is 0.412. The van der Waals surface area contributed by atoms with Crippen LogP contribution < -0.4 is 10.7 Å². The molecule has 0 aromatic rings. The average Bonchev–Trinajstić information content (AvgIpc) is 2.50. The van der Waals surface area contributed by atoms with Crippen LogP contribution in [-0.2, 0) is 0 Å². The van der Waals surface area contributed by atoms with Crippen LogP contribution in [0, 0.1) is 0 Å². The number of thiocarbonyl (C=S) groups is 1. The van der Waals surface area contributed by atoms with Gasteiger partial charge in [0.15, 0.2) is 5.11 Å². The van der Waals surface area contributed by atoms with Gasteiger partial charge in [0.1, 0.15) is 0 Å². The predicted octanol–water partition coefficient (Wildman–Crippen LogP) is 4.91. The zero-order valence-corrected chi connectivity index (χ0v) is 14.5. The van der Waals surface area contributed by atoms with Crippen LogP contribution in [0.15, 0.2) is 5.10 Å². The fourth-order valence-electron chi connectivity index (χ4n) is 2.83. The largest absolute Gasteiger partial charge is 0.359 e. The van der Waals surface area contributed by atoms with Crippen molar-refractivity contribution in [3.63, 3.8) is 0 Å². The third kappa shape index (κ3) is 10.7. The summed E-state index contributed by atoms with van der Waals surface area (Å²) < 4.78 is 0. The van der Waals surface area contributed by atoms with Crippen molar-refractivity contribution in [2.75, 3.05) is 0 Å². The summed E-state index contributed by atoms with van der Waals surface area (Å²) in [4.78, 5) is 0. The molecule has 0 aromatic carbocycles. The topological polar surface area (TPSA) is 36.4 Å². The molecular weight excluding hydrogens is 278 g/mol. The molecule has 0 radical (unpaired) electrons. The lowest BCUT2D eigenvalue weighted by Crippen LogP contribution is -2.40. The van der Waals surface area contributed by atoms with Gasteiger partial charge in [-0.2, -0.15) is 5.10 Å². The third-order valence-electron chi connectivity index (χ3n) is 4.13. The van der Waals surface area contributed by atoms with Gasteiger partial charge < -0.3 is 5.32 Å². The summed E-state index contributed by atoms with van der Waals surface area (Å²) in [5.41, 5.74) is 2.94. The first kappa shape index (κ1) is 18.4. The molecular formula is C17H33N3S. The Morgan fingerprint density at radius 3 is 2.43 bits per heavy atom. The molecule has 21 heavy (non-hydrogen) atoms. The molecule has 0 aliphatic heterocycles. The van der Waals surface area contributed by atoms with E-state index in [4.69, 9.17) is 12.2 Å². The second kappa shape index (κ2) is 13.1. The molecule has 0 amide bonds.